The highest BCUT2D eigenvalue weighted by molar-refractivity contribution is 4.84. The molecule has 0 bridgehead atoms. The van der Waals surface area contributed by atoms with E-state index in [-0.39, 0.29) is 0 Å². The summed E-state index contributed by atoms with van der Waals surface area (Å²) in [5.74, 6) is 0. The van der Waals surface area contributed by atoms with Gasteiger partial charge in [-0.1, -0.05) is 12.8 Å². The number of fused-ring (bicyclic) bond motifs is 1. The minimum absolute atomic E-state index is 0.544. The van der Waals surface area contributed by atoms with E-state index in [1.807, 2.05) is 0 Å². The lowest BCUT2D eigenvalue weighted by atomic mass is 9.92. The van der Waals surface area contributed by atoms with Crippen molar-refractivity contribution in [1.82, 2.24) is 5.32 Å². The van der Waals surface area contributed by atoms with Gasteiger partial charge in [0.15, 0.2) is 0 Å². The Morgan fingerprint density at radius 2 is 2.10 bits per heavy atom. The van der Waals surface area contributed by atoms with E-state index in [1.54, 1.807) is 0 Å². The Hall–Kier alpha value is -0.0800. The van der Waals surface area contributed by atoms with Crippen LogP contribution in [-0.4, -0.2) is 25.3 Å². The fraction of sp³-hybridized carbons (Fsp3) is 1.00. The van der Waals surface area contributed by atoms with Crippen molar-refractivity contribution in [2.75, 3.05) is 13.2 Å². The number of morpholine rings is 1. The van der Waals surface area contributed by atoms with Crippen LogP contribution in [0.25, 0.3) is 0 Å². The third-order valence-electron chi connectivity index (χ3n) is 2.54. The van der Waals surface area contributed by atoms with Gasteiger partial charge in [0.25, 0.3) is 0 Å². The van der Waals surface area contributed by atoms with Gasteiger partial charge in [0, 0.05) is 12.6 Å². The lowest BCUT2D eigenvalue weighted by Gasteiger charge is -2.36. The molecular weight excluding hydrogens is 126 g/mol. The van der Waals surface area contributed by atoms with E-state index in [9.17, 15) is 0 Å². The highest BCUT2D eigenvalue weighted by atomic mass is 16.5. The molecule has 1 N–H and O–H groups in total. The molecule has 2 nitrogen and oxygen atoms in total. The minimum Gasteiger partial charge on any atom is -0.375 e. The number of rotatable bonds is 0. The molecule has 0 radical (unpaired) electrons. The molecule has 1 heterocycles. The van der Waals surface area contributed by atoms with Crippen LogP contribution in [0.3, 0.4) is 0 Å². The second-order valence-electron chi connectivity index (χ2n) is 3.25. The van der Waals surface area contributed by atoms with Crippen molar-refractivity contribution >= 4 is 0 Å². The van der Waals surface area contributed by atoms with Gasteiger partial charge in [0.05, 0.1) is 12.7 Å². The van der Waals surface area contributed by atoms with Gasteiger partial charge in [-0.2, -0.15) is 0 Å². The van der Waals surface area contributed by atoms with Crippen molar-refractivity contribution in [3.63, 3.8) is 0 Å². The summed E-state index contributed by atoms with van der Waals surface area (Å²) in [6, 6.07) is 0.683. The standard InChI is InChI=1S/C8H15NO/c1-2-4-8-7(3-1)9-5-6-10-8/h7-9H,1-6H2/t7-,8?/m1/s1. The third-order valence-corrected chi connectivity index (χ3v) is 2.54. The van der Waals surface area contributed by atoms with Crippen molar-refractivity contribution in [2.24, 2.45) is 0 Å². The van der Waals surface area contributed by atoms with Crippen LogP contribution >= 0.6 is 0 Å². The van der Waals surface area contributed by atoms with E-state index in [0.717, 1.165) is 13.2 Å². The molecule has 58 valence electrons. The third kappa shape index (κ3) is 1.18. The maximum absolute atomic E-state index is 5.62. The highest BCUT2D eigenvalue weighted by Gasteiger charge is 2.27. The first-order chi connectivity index (χ1) is 4.97. The Balaban J connectivity index is 1.93. The Morgan fingerprint density at radius 3 is 3.00 bits per heavy atom. The molecule has 2 heteroatoms. The second-order valence-corrected chi connectivity index (χ2v) is 3.25. The summed E-state index contributed by atoms with van der Waals surface area (Å²) in [4.78, 5) is 0. The van der Waals surface area contributed by atoms with E-state index < -0.39 is 0 Å². The van der Waals surface area contributed by atoms with Gasteiger partial charge in [-0.05, 0) is 12.8 Å². The second kappa shape index (κ2) is 2.89. The SMILES string of the molecule is C1CC[C@H]2NCCOC2C1. The van der Waals surface area contributed by atoms with Crippen LogP contribution in [0.2, 0.25) is 0 Å². The number of nitrogens with one attached hydrogen (secondary N) is 1. The van der Waals surface area contributed by atoms with Crippen molar-refractivity contribution in [3.05, 3.63) is 0 Å². The zero-order valence-corrected chi connectivity index (χ0v) is 6.31. The van der Waals surface area contributed by atoms with E-state index in [4.69, 9.17) is 4.74 Å². The van der Waals surface area contributed by atoms with Gasteiger partial charge in [0.2, 0.25) is 0 Å². The molecule has 0 spiro atoms. The molecule has 0 amide bonds. The van der Waals surface area contributed by atoms with Crippen molar-refractivity contribution < 1.29 is 4.74 Å². The van der Waals surface area contributed by atoms with Crippen LogP contribution in [0.4, 0.5) is 0 Å². The molecule has 2 aliphatic rings. The van der Waals surface area contributed by atoms with Crippen LogP contribution in [0, 0.1) is 0 Å². The first-order valence-corrected chi connectivity index (χ1v) is 4.32. The van der Waals surface area contributed by atoms with Gasteiger partial charge >= 0.3 is 0 Å². The molecule has 2 rings (SSSR count). The first-order valence-electron chi connectivity index (χ1n) is 4.32. The van der Waals surface area contributed by atoms with Crippen LogP contribution < -0.4 is 5.32 Å². The number of ether oxygens (including phenoxy) is 1. The summed E-state index contributed by atoms with van der Waals surface area (Å²) in [6.45, 7) is 1.97. The molecule has 0 aromatic heterocycles. The molecule has 0 aromatic rings. The maximum atomic E-state index is 5.62. The lowest BCUT2D eigenvalue weighted by Crippen LogP contribution is -2.49. The molecule has 0 aromatic carbocycles. The predicted molar refractivity (Wildman–Crippen MR) is 40.0 cm³/mol. The van der Waals surface area contributed by atoms with Crippen LogP contribution in [0.1, 0.15) is 25.7 Å². The monoisotopic (exact) mass is 141 g/mol. The summed E-state index contributed by atoms with van der Waals surface area (Å²) >= 11 is 0. The molecule has 10 heavy (non-hydrogen) atoms. The quantitative estimate of drug-likeness (QED) is 0.541. The van der Waals surface area contributed by atoms with Crippen molar-refractivity contribution in [1.29, 1.82) is 0 Å². The molecule has 1 saturated carbocycles. The maximum Gasteiger partial charge on any atom is 0.0728 e. The van der Waals surface area contributed by atoms with Gasteiger partial charge < -0.3 is 10.1 Å². The van der Waals surface area contributed by atoms with E-state index >= 15 is 0 Å². The Bertz CT molecular complexity index is 89.8. The molecule has 1 unspecified atom stereocenters. The van der Waals surface area contributed by atoms with Crippen LogP contribution in [0.15, 0.2) is 0 Å². The highest BCUT2D eigenvalue weighted by Crippen LogP contribution is 2.22. The van der Waals surface area contributed by atoms with Gasteiger partial charge in [0.1, 0.15) is 0 Å². The molecule has 1 saturated heterocycles. The first kappa shape index (κ1) is 6.62. The average Bonchev–Trinajstić information content (AvgIpc) is 2.05. The summed E-state index contributed by atoms with van der Waals surface area (Å²) in [7, 11) is 0. The van der Waals surface area contributed by atoms with Crippen molar-refractivity contribution in [3.8, 4) is 0 Å². The zero-order valence-electron chi connectivity index (χ0n) is 6.31. The molecular formula is C8H15NO. The van der Waals surface area contributed by atoms with Gasteiger partial charge in [-0.25, -0.2) is 0 Å². The van der Waals surface area contributed by atoms with E-state index in [0.29, 0.717) is 12.1 Å². The molecule has 1 aliphatic heterocycles. The number of hydrogen-bond donors (Lipinski definition) is 1. The Morgan fingerprint density at radius 1 is 1.20 bits per heavy atom. The van der Waals surface area contributed by atoms with E-state index in [2.05, 4.69) is 5.32 Å². The summed E-state index contributed by atoms with van der Waals surface area (Å²) in [6.07, 6.45) is 5.89. The Kier molecular flexibility index (Phi) is 1.91. The van der Waals surface area contributed by atoms with Crippen molar-refractivity contribution in [2.45, 2.75) is 37.8 Å². The Labute approximate surface area is 61.9 Å². The topological polar surface area (TPSA) is 21.3 Å². The summed E-state index contributed by atoms with van der Waals surface area (Å²) in [5, 5.41) is 3.50. The summed E-state index contributed by atoms with van der Waals surface area (Å²) in [5.41, 5.74) is 0. The largest absolute Gasteiger partial charge is 0.375 e. The van der Waals surface area contributed by atoms with Gasteiger partial charge in [-0.15, -0.1) is 0 Å². The fourth-order valence-electron chi connectivity index (χ4n) is 1.98. The van der Waals surface area contributed by atoms with Gasteiger partial charge in [-0.3, -0.25) is 0 Å². The fourth-order valence-corrected chi connectivity index (χ4v) is 1.98. The zero-order chi connectivity index (χ0) is 6.81. The minimum atomic E-state index is 0.544. The lowest BCUT2D eigenvalue weighted by molar-refractivity contribution is -0.0235. The normalized spacial score (nSPS) is 40.8. The molecule has 2 fully saturated rings. The molecule has 1 aliphatic carbocycles. The average molecular weight is 141 g/mol. The van der Waals surface area contributed by atoms with E-state index in [1.165, 1.54) is 25.7 Å². The van der Waals surface area contributed by atoms with Crippen LogP contribution in [0.5, 0.6) is 0 Å². The smallest absolute Gasteiger partial charge is 0.0728 e. The molecule has 2 atom stereocenters. The predicted octanol–water partition coefficient (Wildman–Crippen LogP) is 0.917. The van der Waals surface area contributed by atoms with Crippen LogP contribution in [-0.2, 0) is 4.74 Å². The number of hydrogen-bond acceptors (Lipinski definition) is 2. The summed E-state index contributed by atoms with van der Waals surface area (Å²) < 4.78 is 5.62.